The number of thioether (sulfide) groups is 1. The summed E-state index contributed by atoms with van der Waals surface area (Å²) in [6, 6.07) is 17.3. The lowest BCUT2D eigenvalue weighted by Crippen LogP contribution is -2.51. The van der Waals surface area contributed by atoms with Crippen LogP contribution in [0.4, 0.5) is 0 Å². The number of hydrogen-bond donors (Lipinski definition) is 1. The van der Waals surface area contributed by atoms with Gasteiger partial charge in [0.1, 0.15) is 6.04 Å². The Hall–Kier alpha value is -2.27. The number of rotatable bonds is 3. The van der Waals surface area contributed by atoms with Crippen molar-refractivity contribution in [2.24, 2.45) is 5.92 Å². The second-order valence-corrected chi connectivity index (χ2v) is 10.8. The Morgan fingerprint density at radius 3 is 2.40 bits per heavy atom. The fraction of sp³-hybridized carbons (Fsp3) is 0.440. The molecule has 2 amide bonds. The number of hydrogen-bond acceptors (Lipinski definition) is 3. The molecule has 3 unspecified atom stereocenters. The van der Waals surface area contributed by atoms with Gasteiger partial charge in [-0.3, -0.25) is 9.59 Å². The van der Waals surface area contributed by atoms with Gasteiger partial charge in [-0.15, -0.1) is 11.8 Å². The molecule has 3 atom stereocenters. The molecule has 5 aliphatic rings. The maximum Gasteiger partial charge on any atom is 0.243 e. The maximum absolute atomic E-state index is 13.1. The highest BCUT2D eigenvalue weighted by Gasteiger charge is 2.53. The summed E-state index contributed by atoms with van der Waals surface area (Å²) in [4.78, 5) is 27.1. The molecular formula is C25H26N2O2S. The average molecular weight is 419 g/mol. The van der Waals surface area contributed by atoms with E-state index in [9.17, 15) is 9.59 Å². The molecule has 0 saturated carbocycles. The summed E-state index contributed by atoms with van der Waals surface area (Å²) in [5, 5.41) is 3.25. The van der Waals surface area contributed by atoms with Crippen LogP contribution in [0.2, 0.25) is 0 Å². The van der Waals surface area contributed by atoms with Crippen LogP contribution < -0.4 is 5.32 Å². The largest absolute Gasteiger partial charge is 0.354 e. The van der Waals surface area contributed by atoms with E-state index >= 15 is 0 Å². The number of fused-ring (bicyclic) bond motifs is 2. The van der Waals surface area contributed by atoms with Gasteiger partial charge in [-0.1, -0.05) is 48.5 Å². The van der Waals surface area contributed by atoms with Crippen LogP contribution in [0.15, 0.2) is 48.5 Å². The fourth-order valence-electron chi connectivity index (χ4n) is 6.32. The van der Waals surface area contributed by atoms with Gasteiger partial charge in [-0.2, -0.15) is 0 Å². The normalized spacial score (nSPS) is 33.2. The zero-order valence-corrected chi connectivity index (χ0v) is 18.0. The molecule has 2 saturated heterocycles. The summed E-state index contributed by atoms with van der Waals surface area (Å²) < 4.78 is 0. The lowest BCUT2D eigenvalue weighted by molar-refractivity contribution is -0.138. The predicted molar refractivity (Wildman–Crippen MR) is 118 cm³/mol. The molecule has 154 valence electrons. The second kappa shape index (κ2) is 6.61. The van der Waals surface area contributed by atoms with Gasteiger partial charge >= 0.3 is 0 Å². The van der Waals surface area contributed by atoms with Crippen molar-refractivity contribution >= 4 is 23.6 Å². The Morgan fingerprint density at radius 2 is 1.73 bits per heavy atom. The van der Waals surface area contributed by atoms with Gasteiger partial charge in [-0.05, 0) is 47.9 Å². The van der Waals surface area contributed by atoms with Crippen molar-refractivity contribution in [3.8, 4) is 0 Å². The first-order valence-electron chi connectivity index (χ1n) is 11.0. The molecule has 2 bridgehead atoms. The summed E-state index contributed by atoms with van der Waals surface area (Å²) in [6.07, 6.45) is 2.48. The van der Waals surface area contributed by atoms with E-state index in [1.165, 1.54) is 22.3 Å². The van der Waals surface area contributed by atoms with Crippen molar-refractivity contribution < 1.29 is 9.59 Å². The van der Waals surface area contributed by atoms with Crippen LogP contribution in [0.3, 0.4) is 0 Å². The number of carbonyl (C=O) groups excluding carboxylic acids is 2. The van der Waals surface area contributed by atoms with E-state index in [0.717, 1.165) is 12.8 Å². The van der Waals surface area contributed by atoms with Crippen LogP contribution in [-0.2, 0) is 9.59 Å². The van der Waals surface area contributed by atoms with Gasteiger partial charge in [0.25, 0.3) is 0 Å². The van der Waals surface area contributed by atoms with Crippen molar-refractivity contribution in [2.45, 2.75) is 48.9 Å². The Labute approximate surface area is 181 Å². The van der Waals surface area contributed by atoms with Gasteiger partial charge in [-0.25, -0.2) is 0 Å². The molecule has 5 heteroatoms. The van der Waals surface area contributed by atoms with E-state index in [-0.39, 0.29) is 22.7 Å². The number of nitrogens with one attached hydrogen (secondary N) is 1. The molecule has 2 aromatic carbocycles. The van der Waals surface area contributed by atoms with Crippen LogP contribution in [0.25, 0.3) is 0 Å². The molecule has 0 radical (unpaired) electrons. The molecule has 7 rings (SSSR count). The van der Waals surface area contributed by atoms with Gasteiger partial charge < -0.3 is 10.2 Å². The Morgan fingerprint density at radius 1 is 1.10 bits per heavy atom. The van der Waals surface area contributed by atoms with E-state index in [0.29, 0.717) is 36.5 Å². The predicted octanol–water partition coefficient (Wildman–Crippen LogP) is 3.85. The first kappa shape index (κ1) is 18.5. The Balaban J connectivity index is 1.24. The lowest BCUT2D eigenvalue weighted by atomic mass is 9.59. The molecule has 30 heavy (non-hydrogen) atoms. The van der Waals surface area contributed by atoms with Crippen molar-refractivity contribution in [3.63, 3.8) is 0 Å². The smallest absolute Gasteiger partial charge is 0.243 e. The van der Waals surface area contributed by atoms with Crippen molar-refractivity contribution in [2.75, 3.05) is 12.3 Å². The molecular weight excluding hydrogens is 392 g/mol. The van der Waals surface area contributed by atoms with Gasteiger partial charge in [0, 0.05) is 30.6 Å². The molecule has 2 fully saturated rings. The van der Waals surface area contributed by atoms with E-state index in [4.69, 9.17) is 0 Å². The maximum atomic E-state index is 13.1. The standard InChI is InChI=1S/C25H26N2O2S/c1-25-11-10-22(28)27(25)21(14-30-25)24(29)26-13-15-12-20-16-6-2-4-8-18(16)23(15)19-9-5-3-7-17(19)20/h2-9,15,20-21,23H,10-14H2,1H3,(H,26,29). The van der Waals surface area contributed by atoms with Crippen molar-refractivity contribution in [1.29, 1.82) is 0 Å². The molecule has 0 aromatic heterocycles. The SMILES string of the molecule is CC12CCC(=O)N1C(C(=O)NCC1CC3c4ccccc4C1c1ccccc13)CS2. The molecule has 0 spiro atoms. The average Bonchev–Trinajstić information content (AvgIpc) is 3.27. The van der Waals surface area contributed by atoms with Crippen LogP contribution in [0, 0.1) is 5.92 Å². The van der Waals surface area contributed by atoms with Crippen LogP contribution in [0.1, 0.15) is 60.3 Å². The number of benzene rings is 2. The van der Waals surface area contributed by atoms with Crippen LogP contribution in [-0.4, -0.2) is 39.9 Å². The van der Waals surface area contributed by atoms with Crippen molar-refractivity contribution in [1.82, 2.24) is 10.2 Å². The second-order valence-electron chi connectivity index (χ2n) is 9.29. The highest BCUT2D eigenvalue weighted by atomic mass is 32.2. The monoisotopic (exact) mass is 418 g/mol. The summed E-state index contributed by atoms with van der Waals surface area (Å²) in [7, 11) is 0. The van der Waals surface area contributed by atoms with Gasteiger partial charge in [0.15, 0.2) is 0 Å². The molecule has 1 N–H and O–H groups in total. The third-order valence-electron chi connectivity index (χ3n) is 7.71. The lowest BCUT2D eigenvalue weighted by Gasteiger charge is -2.45. The van der Waals surface area contributed by atoms with E-state index in [2.05, 4.69) is 60.8 Å². The molecule has 4 nitrogen and oxygen atoms in total. The topological polar surface area (TPSA) is 49.4 Å². The number of amides is 2. The zero-order chi connectivity index (χ0) is 20.5. The van der Waals surface area contributed by atoms with Crippen molar-refractivity contribution in [3.05, 3.63) is 70.8 Å². The van der Waals surface area contributed by atoms with Gasteiger partial charge in [0.05, 0.1) is 4.87 Å². The highest BCUT2D eigenvalue weighted by molar-refractivity contribution is 8.01. The van der Waals surface area contributed by atoms with E-state index in [1.54, 1.807) is 11.8 Å². The summed E-state index contributed by atoms with van der Waals surface area (Å²) in [5.41, 5.74) is 5.75. The summed E-state index contributed by atoms with van der Waals surface area (Å²) in [6.45, 7) is 2.77. The highest BCUT2D eigenvalue weighted by Crippen LogP contribution is 2.55. The third kappa shape index (κ3) is 2.54. The molecule has 2 aliphatic heterocycles. The first-order chi connectivity index (χ1) is 14.6. The van der Waals surface area contributed by atoms with Crippen LogP contribution >= 0.6 is 11.8 Å². The van der Waals surface area contributed by atoms with Crippen LogP contribution in [0.5, 0.6) is 0 Å². The Kier molecular flexibility index (Phi) is 4.08. The quantitative estimate of drug-likeness (QED) is 0.824. The summed E-state index contributed by atoms with van der Waals surface area (Å²) in [5.74, 6) is 1.98. The Bertz CT molecular complexity index is 1010. The molecule has 2 aromatic rings. The number of carbonyl (C=O) groups is 2. The zero-order valence-electron chi connectivity index (χ0n) is 17.1. The summed E-state index contributed by atoms with van der Waals surface area (Å²) >= 11 is 1.75. The molecule has 2 heterocycles. The number of nitrogens with zero attached hydrogens (tertiary/aromatic N) is 1. The third-order valence-corrected chi connectivity index (χ3v) is 9.21. The fourth-order valence-corrected chi connectivity index (χ4v) is 7.76. The van der Waals surface area contributed by atoms with E-state index in [1.807, 2.05) is 4.90 Å². The first-order valence-corrected chi connectivity index (χ1v) is 12.0. The minimum absolute atomic E-state index is 0.0180. The minimum Gasteiger partial charge on any atom is -0.354 e. The minimum atomic E-state index is -0.324. The van der Waals surface area contributed by atoms with E-state index < -0.39 is 0 Å². The van der Waals surface area contributed by atoms with Gasteiger partial charge in [0.2, 0.25) is 11.8 Å². The molecule has 3 aliphatic carbocycles.